The van der Waals surface area contributed by atoms with Crippen LogP contribution in [0, 0.1) is 11.8 Å². The van der Waals surface area contributed by atoms with E-state index in [4.69, 9.17) is 4.74 Å². The molecule has 0 aromatic heterocycles. The Bertz CT molecular complexity index is 762. The number of benzene rings is 1. The van der Waals surface area contributed by atoms with Gasteiger partial charge >= 0.3 is 6.09 Å². The van der Waals surface area contributed by atoms with Gasteiger partial charge in [0.1, 0.15) is 5.60 Å². The van der Waals surface area contributed by atoms with E-state index in [-0.39, 0.29) is 36.5 Å². The van der Waals surface area contributed by atoms with E-state index in [0.29, 0.717) is 23.0 Å². The molecule has 2 saturated heterocycles. The third kappa shape index (κ3) is 2.42. The summed E-state index contributed by atoms with van der Waals surface area (Å²) in [4.78, 5) is 41.1. The van der Waals surface area contributed by atoms with Crippen LogP contribution in [0.25, 0.3) is 0 Å². The Morgan fingerprint density at radius 1 is 1.15 bits per heavy atom. The molecule has 26 heavy (non-hydrogen) atoms. The summed E-state index contributed by atoms with van der Waals surface area (Å²) < 4.78 is 5.58. The molecule has 1 saturated carbocycles. The van der Waals surface area contributed by atoms with Gasteiger partial charge in [0, 0.05) is 6.04 Å². The maximum absolute atomic E-state index is 12.7. The van der Waals surface area contributed by atoms with Gasteiger partial charge in [0.05, 0.1) is 23.7 Å². The summed E-state index contributed by atoms with van der Waals surface area (Å²) in [5.74, 6) is 0.123. The number of fused-ring (bicyclic) bond motifs is 2. The Labute approximate surface area is 153 Å². The van der Waals surface area contributed by atoms with Crippen LogP contribution in [0.5, 0.6) is 0 Å². The van der Waals surface area contributed by atoms with Gasteiger partial charge in [-0.15, -0.1) is 0 Å². The molecule has 0 spiro atoms. The molecule has 1 aromatic carbocycles. The van der Waals surface area contributed by atoms with Crippen LogP contribution in [-0.2, 0) is 4.74 Å². The predicted molar refractivity (Wildman–Crippen MR) is 94.7 cm³/mol. The lowest BCUT2D eigenvalue weighted by atomic mass is 9.73. The average Bonchev–Trinajstić information content (AvgIpc) is 3.16. The van der Waals surface area contributed by atoms with Gasteiger partial charge < -0.3 is 4.74 Å². The summed E-state index contributed by atoms with van der Waals surface area (Å²) in [5.41, 5.74) is 0.312. The van der Waals surface area contributed by atoms with Crippen molar-refractivity contribution in [2.24, 2.45) is 11.8 Å². The molecule has 6 heteroatoms. The molecule has 5 rings (SSSR count). The molecule has 3 heterocycles. The van der Waals surface area contributed by atoms with E-state index >= 15 is 0 Å². The molecule has 6 nitrogen and oxygen atoms in total. The number of carbonyl (C=O) groups is 3. The Hall–Kier alpha value is -2.37. The standard InChI is InChI=1S/C20H24N2O4/c1-11-14-9-15(11)22(19(25)26-20(2,3)4)16(14)10-21-17(23)12-7-5-6-8-13(12)18(21)24/h5-8,11,14-16H,9-10H2,1-4H3/t11-,14?,15?,16-/m0/s1. The number of imide groups is 1. The highest BCUT2D eigenvalue weighted by Crippen LogP contribution is 2.51. The van der Waals surface area contributed by atoms with E-state index in [1.165, 1.54) is 4.90 Å². The topological polar surface area (TPSA) is 66.9 Å². The minimum Gasteiger partial charge on any atom is -0.444 e. The lowest BCUT2D eigenvalue weighted by molar-refractivity contribution is 0.0140. The Kier molecular flexibility index (Phi) is 3.65. The fourth-order valence-electron chi connectivity index (χ4n) is 4.53. The van der Waals surface area contributed by atoms with E-state index < -0.39 is 5.60 Å². The second-order valence-corrected chi connectivity index (χ2v) is 8.55. The normalized spacial score (nSPS) is 29.7. The van der Waals surface area contributed by atoms with Crippen molar-refractivity contribution in [1.29, 1.82) is 0 Å². The number of amides is 3. The summed E-state index contributed by atoms with van der Waals surface area (Å²) >= 11 is 0. The van der Waals surface area contributed by atoms with Crippen molar-refractivity contribution < 1.29 is 19.1 Å². The molecule has 3 aliphatic heterocycles. The zero-order valence-electron chi connectivity index (χ0n) is 15.6. The first-order valence-electron chi connectivity index (χ1n) is 9.15. The molecular weight excluding hydrogens is 332 g/mol. The summed E-state index contributed by atoms with van der Waals surface area (Å²) in [6, 6.07) is 6.84. The number of hydrogen-bond acceptors (Lipinski definition) is 4. The summed E-state index contributed by atoms with van der Waals surface area (Å²) in [6.45, 7) is 7.88. The molecule has 4 aliphatic rings. The van der Waals surface area contributed by atoms with Crippen LogP contribution in [0.2, 0.25) is 0 Å². The molecule has 4 atom stereocenters. The highest BCUT2D eigenvalue weighted by molar-refractivity contribution is 6.21. The fourth-order valence-corrected chi connectivity index (χ4v) is 4.53. The van der Waals surface area contributed by atoms with Crippen molar-refractivity contribution in [2.75, 3.05) is 6.54 Å². The zero-order valence-corrected chi connectivity index (χ0v) is 15.6. The molecule has 0 radical (unpaired) electrons. The van der Waals surface area contributed by atoms with E-state index in [2.05, 4.69) is 6.92 Å². The monoisotopic (exact) mass is 356 g/mol. The minimum absolute atomic E-state index is 0.134. The van der Waals surface area contributed by atoms with Crippen LogP contribution in [0.3, 0.4) is 0 Å². The van der Waals surface area contributed by atoms with Gasteiger partial charge in [-0.2, -0.15) is 0 Å². The van der Waals surface area contributed by atoms with Crippen molar-refractivity contribution in [3.05, 3.63) is 35.4 Å². The van der Waals surface area contributed by atoms with Gasteiger partial charge in [-0.3, -0.25) is 19.4 Å². The first-order valence-corrected chi connectivity index (χ1v) is 9.15. The highest BCUT2D eigenvalue weighted by Gasteiger charge is 2.59. The van der Waals surface area contributed by atoms with Gasteiger partial charge in [0.25, 0.3) is 11.8 Å². The molecule has 138 valence electrons. The van der Waals surface area contributed by atoms with E-state index in [0.717, 1.165) is 6.42 Å². The first kappa shape index (κ1) is 17.1. The SMILES string of the molecule is C[C@H]1C2CC1N(C(=O)OC(C)(C)C)[C@H]2CN1C(=O)c2ccccc2C1=O. The van der Waals surface area contributed by atoms with Crippen molar-refractivity contribution in [3.8, 4) is 0 Å². The molecule has 2 unspecified atom stereocenters. The number of rotatable bonds is 2. The number of ether oxygens (including phenoxy) is 1. The maximum atomic E-state index is 12.7. The van der Waals surface area contributed by atoms with Crippen LogP contribution >= 0.6 is 0 Å². The summed E-state index contributed by atoms with van der Waals surface area (Å²) in [6.07, 6.45) is 0.560. The van der Waals surface area contributed by atoms with Crippen LogP contribution < -0.4 is 0 Å². The Morgan fingerprint density at radius 2 is 1.73 bits per heavy atom. The van der Waals surface area contributed by atoms with E-state index in [1.807, 2.05) is 20.8 Å². The third-order valence-electron chi connectivity index (χ3n) is 5.86. The largest absolute Gasteiger partial charge is 0.444 e. The first-order chi connectivity index (χ1) is 12.2. The third-order valence-corrected chi connectivity index (χ3v) is 5.86. The van der Waals surface area contributed by atoms with Gasteiger partial charge in [-0.05, 0) is 51.2 Å². The molecule has 1 aromatic rings. The highest BCUT2D eigenvalue weighted by atomic mass is 16.6. The molecule has 2 bridgehead atoms. The second kappa shape index (κ2) is 5.56. The van der Waals surface area contributed by atoms with Crippen LogP contribution in [0.15, 0.2) is 24.3 Å². The number of carbonyl (C=O) groups excluding carboxylic acids is 3. The van der Waals surface area contributed by atoms with Crippen LogP contribution in [0.1, 0.15) is 54.8 Å². The molecule has 0 N–H and O–H groups in total. The van der Waals surface area contributed by atoms with Crippen molar-refractivity contribution in [3.63, 3.8) is 0 Å². The van der Waals surface area contributed by atoms with Gasteiger partial charge in [-0.1, -0.05) is 19.1 Å². The molecular formula is C20H24N2O4. The number of nitrogens with zero attached hydrogens (tertiary/aromatic N) is 2. The summed E-state index contributed by atoms with van der Waals surface area (Å²) in [7, 11) is 0. The van der Waals surface area contributed by atoms with Gasteiger partial charge in [-0.25, -0.2) is 4.79 Å². The lowest BCUT2D eigenvalue weighted by Gasteiger charge is -2.34. The Morgan fingerprint density at radius 3 is 2.23 bits per heavy atom. The van der Waals surface area contributed by atoms with E-state index in [1.54, 1.807) is 29.2 Å². The predicted octanol–water partition coefficient (Wildman–Crippen LogP) is 2.93. The number of hydrogen-bond donors (Lipinski definition) is 0. The average molecular weight is 356 g/mol. The van der Waals surface area contributed by atoms with Crippen molar-refractivity contribution in [1.82, 2.24) is 9.80 Å². The zero-order chi connectivity index (χ0) is 18.8. The van der Waals surface area contributed by atoms with E-state index in [9.17, 15) is 14.4 Å². The molecule has 3 fully saturated rings. The smallest absolute Gasteiger partial charge is 0.410 e. The lowest BCUT2D eigenvalue weighted by Crippen LogP contribution is -2.47. The fraction of sp³-hybridized carbons (Fsp3) is 0.550. The van der Waals surface area contributed by atoms with Gasteiger partial charge in [0.2, 0.25) is 0 Å². The molecule has 1 aliphatic carbocycles. The molecule has 3 amide bonds. The van der Waals surface area contributed by atoms with Crippen molar-refractivity contribution >= 4 is 17.9 Å². The second-order valence-electron chi connectivity index (χ2n) is 8.55. The quantitative estimate of drug-likeness (QED) is 0.764. The van der Waals surface area contributed by atoms with Crippen molar-refractivity contribution in [2.45, 2.75) is 51.8 Å². The Balaban J connectivity index is 1.57. The van der Waals surface area contributed by atoms with Crippen LogP contribution in [0.4, 0.5) is 4.79 Å². The minimum atomic E-state index is -0.576. The maximum Gasteiger partial charge on any atom is 0.410 e. The van der Waals surface area contributed by atoms with Crippen LogP contribution in [-0.4, -0.2) is 51.9 Å². The summed E-state index contributed by atoms with van der Waals surface area (Å²) in [5, 5.41) is 0. The van der Waals surface area contributed by atoms with Gasteiger partial charge in [0.15, 0.2) is 0 Å².